The molecule has 1 aliphatic carbocycles. The van der Waals surface area contributed by atoms with Crippen molar-refractivity contribution in [1.82, 2.24) is 9.88 Å². The van der Waals surface area contributed by atoms with Gasteiger partial charge in [0.1, 0.15) is 5.69 Å². The fourth-order valence-electron chi connectivity index (χ4n) is 2.13. The van der Waals surface area contributed by atoms with Crippen LogP contribution in [0.4, 0.5) is 0 Å². The van der Waals surface area contributed by atoms with Crippen molar-refractivity contribution in [3.8, 4) is 0 Å². The van der Waals surface area contributed by atoms with Gasteiger partial charge < -0.3 is 15.0 Å². The molecule has 1 fully saturated rings. The van der Waals surface area contributed by atoms with Crippen molar-refractivity contribution in [2.75, 3.05) is 0 Å². The smallest absolute Gasteiger partial charge is 0.268 e. The monoisotopic (exact) mass is 236 g/mol. The molecule has 2 unspecified atom stereocenters. The van der Waals surface area contributed by atoms with Crippen molar-refractivity contribution in [3.05, 3.63) is 24.0 Å². The number of aliphatic hydroxyl groups excluding tert-OH is 1. The second-order valence-corrected chi connectivity index (χ2v) is 4.99. The van der Waals surface area contributed by atoms with Gasteiger partial charge in [-0.25, -0.2) is 0 Å². The van der Waals surface area contributed by atoms with Crippen LogP contribution < -0.4 is 5.32 Å². The van der Waals surface area contributed by atoms with E-state index in [2.05, 4.69) is 5.32 Å². The Morgan fingerprint density at radius 1 is 1.59 bits per heavy atom. The van der Waals surface area contributed by atoms with Crippen molar-refractivity contribution >= 4 is 5.91 Å². The van der Waals surface area contributed by atoms with Crippen LogP contribution in [0.15, 0.2) is 18.3 Å². The third kappa shape index (κ3) is 3.09. The van der Waals surface area contributed by atoms with Crippen molar-refractivity contribution in [1.29, 1.82) is 0 Å². The van der Waals surface area contributed by atoms with Gasteiger partial charge in [-0.05, 0) is 45.2 Å². The van der Waals surface area contributed by atoms with Crippen LogP contribution in [0.1, 0.15) is 49.6 Å². The number of carbonyl (C=O) groups is 1. The minimum atomic E-state index is -0.388. The molecule has 1 saturated carbocycles. The largest absolute Gasteiger partial charge is 0.393 e. The lowest BCUT2D eigenvalue weighted by molar-refractivity contribution is 0.0913. The number of hydrogen-bond donors (Lipinski definition) is 2. The van der Waals surface area contributed by atoms with Crippen LogP contribution in [0, 0.1) is 0 Å². The number of amides is 1. The molecule has 1 amide bonds. The van der Waals surface area contributed by atoms with E-state index in [1.165, 1.54) is 0 Å². The molecule has 17 heavy (non-hydrogen) atoms. The standard InChI is InChI=1S/C13H20N2O2/c1-9(8-10(2)16)14-13(17)12-4-3-7-15(12)11-5-6-11/h3-4,7,9-11,16H,5-6,8H2,1-2H3,(H,14,17). The molecule has 0 radical (unpaired) electrons. The molecule has 94 valence electrons. The van der Waals surface area contributed by atoms with E-state index in [-0.39, 0.29) is 18.1 Å². The first-order valence-electron chi connectivity index (χ1n) is 6.23. The highest BCUT2D eigenvalue weighted by molar-refractivity contribution is 5.93. The van der Waals surface area contributed by atoms with Crippen LogP contribution in [-0.2, 0) is 0 Å². The molecule has 4 heteroatoms. The van der Waals surface area contributed by atoms with Crippen LogP contribution in [0.25, 0.3) is 0 Å². The average Bonchev–Trinajstić information content (AvgIpc) is 2.94. The number of aromatic nitrogens is 1. The molecule has 2 N–H and O–H groups in total. The molecule has 0 saturated heterocycles. The number of nitrogens with one attached hydrogen (secondary N) is 1. The Kier molecular flexibility index (Phi) is 3.52. The van der Waals surface area contributed by atoms with Gasteiger partial charge in [0, 0.05) is 18.3 Å². The summed E-state index contributed by atoms with van der Waals surface area (Å²) in [6.07, 6.45) is 4.48. The summed E-state index contributed by atoms with van der Waals surface area (Å²) in [6.45, 7) is 3.64. The van der Waals surface area contributed by atoms with Crippen LogP contribution >= 0.6 is 0 Å². The van der Waals surface area contributed by atoms with E-state index in [4.69, 9.17) is 0 Å². The first-order chi connectivity index (χ1) is 8.08. The van der Waals surface area contributed by atoms with Gasteiger partial charge in [0.15, 0.2) is 0 Å². The van der Waals surface area contributed by atoms with Gasteiger partial charge >= 0.3 is 0 Å². The van der Waals surface area contributed by atoms with Gasteiger partial charge in [-0.3, -0.25) is 4.79 Å². The second kappa shape index (κ2) is 4.92. The third-order valence-corrected chi connectivity index (χ3v) is 3.02. The van der Waals surface area contributed by atoms with E-state index in [1.54, 1.807) is 6.92 Å². The fraction of sp³-hybridized carbons (Fsp3) is 0.615. The average molecular weight is 236 g/mol. The predicted octanol–water partition coefficient (Wildman–Crippen LogP) is 1.71. The Balaban J connectivity index is 1.97. The zero-order valence-corrected chi connectivity index (χ0v) is 10.4. The number of hydrogen-bond acceptors (Lipinski definition) is 2. The quantitative estimate of drug-likeness (QED) is 0.817. The lowest BCUT2D eigenvalue weighted by atomic mass is 10.1. The van der Waals surface area contributed by atoms with Crippen molar-refractivity contribution in [3.63, 3.8) is 0 Å². The van der Waals surface area contributed by atoms with Crippen LogP contribution in [-0.4, -0.2) is 27.7 Å². The highest BCUT2D eigenvalue weighted by atomic mass is 16.3. The van der Waals surface area contributed by atoms with E-state index in [9.17, 15) is 9.90 Å². The SMILES string of the molecule is CC(O)CC(C)NC(=O)c1cccn1C1CC1. The van der Waals surface area contributed by atoms with Gasteiger partial charge in [0.25, 0.3) is 5.91 Å². The maximum absolute atomic E-state index is 12.0. The number of nitrogens with zero attached hydrogens (tertiary/aromatic N) is 1. The van der Waals surface area contributed by atoms with Gasteiger partial charge in [0.05, 0.1) is 6.10 Å². The Labute approximate surface area is 102 Å². The topological polar surface area (TPSA) is 54.3 Å². The van der Waals surface area contributed by atoms with E-state index in [0.717, 1.165) is 18.5 Å². The molecule has 1 heterocycles. The molecule has 0 aliphatic heterocycles. The highest BCUT2D eigenvalue weighted by Crippen LogP contribution is 2.35. The lowest BCUT2D eigenvalue weighted by Gasteiger charge is -2.16. The molecule has 1 aromatic heterocycles. The third-order valence-electron chi connectivity index (χ3n) is 3.02. The van der Waals surface area contributed by atoms with E-state index < -0.39 is 0 Å². The maximum atomic E-state index is 12.0. The van der Waals surface area contributed by atoms with Crippen LogP contribution in [0.3, 0.4) is 0 Å². The molecule has 2 atom stereocenters. The van der Waals surface area contributed by atoms with Crippen LogP contribution in [0.2, 0.25) is 0 Å². The molecule has 1 aliphatic rings. The molecule has 4 nitrogen and oxygen atoms in total. The van der Waals surface area contributed by atoms with Gasteiger partial charge in [-0.15, -0.1) is 0 Å². The lowest BCUT2D eigenvalue weighted by Crippen LogP contribution is -2.35. The summed E-state index contributed by atoms with van der Waals surface area (Å²) in [5.74, 6) is -0.0462. The molecule has 0 bridgehead atoms. The Bertz CT molecular complexity index is 394. The highest BCUT2D eigenvalue weighted by Gasteiger charge is 2.27. The van der Waals surface area contributed by atoms with Gasteiger partial charge in [-0.2, -0.15) is 0 Å². The van der Waals surface area contributed by atoms with Crippen molar-refractivity contribution in [2.24, 2.45) is 0 Å². The van der Waals surface area contributed by atoms with Gasteiger partial charge in [0.2, 0.25) is 0 Å². The Hall–Kier alpha value is -1.29. The summed E-state index contributed by atoms with van der Waals surface area (Å²) in [7, 11) is 0. The predicted molar refractivity (Wildman–Crippen MR) is 65.9 cm³/mol. The molecular weight excluding hydrogens is 216 g/mol. The summed E-state index contributed by atoms with van der Waals surface area (Å²) in [4.78, 5) is 12.0. The molecule has 0 spiro atoms. The Morgan fingerprint density at radius 3 is 2.88 bits per heavy atom. The van der Waals surface area contributed by atoms with Crippen LogP contribution in [0.5, 0.6) is 0 Å². The second-order valence-electron chi connectivity index (χ2n) is 4.99. The number of rotatable bonds is 5. The van der Waals surface area contributed by atoms with E-state index >= 15 is 0 Å². The minimum absolute atomic E-state index is 0.00921. The molecule has 1 aromatic rings. The summed E-state index contributed by atoms with van der Waals surface area (Å²) >= 11 is 0. The summed E-state index contributed by atoms with van der Waals surface area (Å²) in [5.41, 5.74) is 0.727. The summed E-state index contributed by atoms with van der Waals surface area (Å²) in [5, 5.41) is 12.2. The zero-order chi connectivity index (χ0) is 12.4. The van der Waals surface area contributed by atoms with Crippen molar-refractivity contribution in [2.45, 2.75) is 51.3 Å². The Morgan fingerprint density at radius 2 is 2.29 bits per heavy atom. The normalized spacial score (nSPS) is 18.8. The zero-order valence-electron chi connectivity index (χ0n) is 10.4. The molecule has 0 aromatic carbocycles. The van der Waals surface area contributed by atoms with E-state index in [0.29, 0.717) is 12.5 Å². The summed E-state index contributed by atoms with van der Waals surface area (Å²) < 4.78 is 2.05. The number of carbonyl (C=O) groups excluding carboxylic acids is 1. The van der Waals surface area contributed by atoms with E-state index in [1.807, 2.05) is 29.8 Å². The van der Waals surface area contributed by atoms with Gasteiger partial charge in [-0.1, -0.05) is 0 Å². The maximum Gasteiger partial charge on any atom is 0.268 e. The van der Waals surface area contributed by atoms with Crippen molar-refractivity contribution < 1.29 is 9.90 Å². The first-order valence-corrected chi connectivity index (χ1v) is 6.23. The first kappa shape index (κ1) is 12.2. The summed E-state index contributed by atoms with van der Waals surface area (Å²) in [6, 6.07) is 4.26. The number of aliphatic hydroxyl groups is 1. The molecule has 2 rings (SSSR count). The minimum Gasteiger partial charge on any atom is -0.393 e. The molecular formula is C13H20N2O2. The fourth-order valence-corrected chi connectivity index (χ4v) is 2.13.